The zero-order valence-corrected chi connectivity index (χ0v) is 37.8. The van der Waals surface area contributed by atoms with Gasteiger partial charge in [0.25, 0.3) is 0 Å². The number of rotatable bonds is 4. The molecule has 0 aliphatic rings. The van der Waals surface area contributed by atoms with Gasteiger partial charge in [-0.2, -0.15) is 0 Å². The number of imidazole rings is 1. The Labute approximate surface area is 361 Å². The van der Waals surface area contributed by atoms with Crippen LogP contribution in [0.3, 0.4) is 0 Å². The van der Waals surface area contributed by atoms with Crippen molar-refractivity contribution < 1.29 is 30.6 Å². The summed E-state index contributed by atoms with van der Waals surface area (Å²) in [4.78, 5) is 10.5. The SMILES string of the molecule is Cc1ccnc2c(-c3[c-]c(-c4nc5c(-c6c(O)ccc7c6oc6ccccc67)cc(C(C)(C)C)cc5n4-c4ccc(C(C)(C)C)cc4)ccc3)cc(C(C)(C)C)cc12.[Pt]. The van der Waals surface area contributed by atoms with Crippen LogP contribution in [0.15, 0.2) is 120 Å². The Morgan fingerprint density at radius 1 is 0.610 bits per heavy atom. The summed E-state index contributed by atoms with van der Waals surface area (Å²) < 4.78 is 8.84. The van der Waals surface area contributed by atoms with Crippen LogP contribution in [0.2, 0.25) is 0 Å². The third-order valence-corrected chi connectivity index (χ3v) is 11.7. The first-order valence-electron chi connectivity index (χ1n) is 20.2. The molecule has 9 aromatic rings. The number of phenols is 1. The van der Waals surface area contributed by atoms with Crippen molar-refractivity contribution in [2.75, 3.05) is 0 Å². The predicted molar refractivity (Wildman–Crippen MR) is 241 cm³/mol. The van der Waals surface area contributed by atoms with Gasteiger partial charge in [-0.3, -0.25) is 9.97 Å². The van der Waals surface area contributed by atoms with Crippen LogP contribution >= 0.6 is 0 Å². The van der Waals surface area contributed by atoms with Crippen molar-refractivity contribution in [2.45, 2.75) is 85.5 Å². The van der Waals surface area contributed by atoms with Gasteiger partial charge in [-0.1, -0.05) is 116 Å². The third-order valence-electron chi connectivity index (χ3n) is 11.7. The van der Waals surface area contributed by atoms with Crippen LogP contribution < -0.4 is 0 Å². The minimum atomic E-state index is -0.220. The van der Waals surface area contributed by atoms with Gasteiger partial charge in [0, 0.05) is 54.8 Å². The molecule has 0 aliphatic heterocycles. The van der Waals surface area contributed by atoms with Crippen LogP contribution in [0.5, 0.6) is 5.75 Å². The van der Waals surface area contributed by atoms with Gasteiger partial charge in [0.1, 0.15) is 16.9 Å². The summed E-state index contributed by atoms with van der Waals surface area (Å²) in [5.41, 5.74) is 13.9. The molecule has 3 heterocycles. The Balaban J connectivity index is 0.00000484. The van der Waals surface area contributed by atoms with E-state index in [0.29, 0.717) is 11.1 Å². The quantitative estimate of drug-likeness (QED) is 0.179. The molecule has 0 radical (unpaired) electrons. The number of para-hydroxylation sites is 1. The molecule has 3 aromatic heterocycles. The van der Waals surface area contributed by atoms with Crippen molar-refractivity contribution in [1.29, 1.82) is 0 Å². The molecule has 0 spiro atoms. The van der Waals surface area contributed by atoms with Gasteiger partial charge < -0.3 is 14.1 Å². The molecule has 0 saturated heterocycles. The molecule has 59 heavy (non-hydrogen) atoms. The number of pyridine rings is 1. The fraction of sp³-hybridized carbons (Fsp3) is 0.245. The Bertz CT molecular complexity index is 3080. The van der Waals surface area contributed by atoms with Gasteiger partial charge in [0.05, 0.1) is 22.4 Å². The minimum Gasteiger partial charge on any atom is -0.507 e. The minimum absolute atomic E-state index is 0. The van der Waals surface area contributed by atoms with E-state index in [9.17, 15) is 5.11 Å². The second-order valence-corrected chi connectivity index (χ2v) is 18.9. The zero-order valence-electron chi connectivity index (χ0n) is 35.5. The van der Waals surface area contributed by atoms with Crippen LogP contribution in [0.4, 0.5) is 0 Å². The van der Waals surface area contributed by atoms with Crippen molar-refractivity contribution in [1.82, 2.24) is 14.5 Å². The van der Waals surface area contributed by atoms with E-state index in [1.807, 2.05) is 30.5 Å². The number of phenolic OH excluding ortho intramolecular Hbond substituents is 1. The first kappa shape index (κ1) is 40.3. The van der Waals surface area contributed by atoms with Crippen molar-refractivity contribution in [3.8, 4) is 45.1 Å². The largest absolute Gasteiger partial charge is 0.507 e. The molecule has 0 atom stereocenters. The maximum atomic E-state index is 11.8. The maximum absolute atomic E-state index is 11.8. The Morgan fingerprint density at radius 3 is 1.98 bits per heavy atom. The number of fused-ring (bicyclic) bond motifs is 5. The zero-order chi connectivity index (χ0) is 40.9. The smallest absolute Gasteiger partial charge is 0.147 e. The number of hydrogen-bond acceptors (Lipinski definition) is 4. The molecule has 0 bridgehead atoms. The molecule has 5 nitrogen and oxygen atoms in total. The van der Waals surface area contributed by atoms with E-state index in [-0.39, 0.29) is 43.1 Å². The number of aromatic hydroxyl groups is 1. The summed E-state index contributed by atoms with van der Waals surface area (Å²) in [6, 6.07) is 41.9. The number of aryl methyl sites for hydroxylation is 1. The summed E-state index contributed by atoms with van der Waals surface area (Å²) in [6.45, 7) is 22.3. The Kier molecular flexibility index (Phi) is 9.79. The van der Waals surface area contributed by atoms with E-state index in [1.165, 1.54) is 16.7 Å². The monoisotopic (exact) mass is 955 g/mol. The molecule has 0 amide bonds. The molecule has 0 aliphatic carbocycles. The Hall–Kier alpha value is -5.51. The summed E-state index contributed by atoms with van der Waals surface area (Å²) in [5.74, 6) is 0.899. The first-order chi connectivity index (χ1) is 27.5. The van der Waals surface area contributed by atoms with Gasteiger partial charge in [0.2, 0.25) is 0 Å². The molecule has 0 fully saturated rings. The summed E-state index contributed by atoms with van der Waals surface area (Å²) in [5, 5.41) is 14.9. The molecule has 0 unspecified atom stereocenters. The van der Waals surface area contributed by atoms with Crippen LogP contribution in [-0.4, -0.2) is 19.6 Å². The average Bonchev–Trinajstić information content (AvgIpc) is 3.75. The van der Waals surface area contributed by atoms with E-state index >= 15 is 0 Å². The van der Waals surface area contributed by atoms with Crippen LogP contribution in [0, 0.1) is 13.0 Å². The van der Waals surface area contributed by atoms with Crippen molar-refractivity contribution >= 4 is 43.9 Å². The van der Waals surface area contributed by atoms with E-state index < -0.39 is 0 Å². The second kappa shape index (κ2) is 14.3. The summed E-state index contributed by atoms with van der Waals surface area (Å²) in [7, 11) is 0. The molecular formula is C53H50N3O2Pt-. The number of furan rings is 1. The van der Waals surface area contributed by atoms with Gasteiger partial charge in [-0.15, -0.1) is 29.8 Å². The van der Waals surface area contributed by atoms with E-state index in [1.54, 1.807) is 6.07 Å². The number of aromatic nitrogens is 3. The average molecular weight is 956 g/mol. The molecule has 300 valence electrons. The van der Waals surface area contributed by atoms with E-state index in [0.717, 1.165) is 77.6 Å². The van der Waals surface area contributed by atoms with Crippen molar-refractivity contribution in [2.24, 2.45) is 0 Å². The molecular weight excluding hydrogens is 906 g/mol. The Morgan fingerprint density at radius 2 is 1.27 bits per heavy atom. The molecule has 6 aromatic carbocycles. The van der Waals surface area contributed by atoms with Gasteiger partial charge in [0.15, 0.2) is 0 Å². The van der Waals surface area contributed by atoms with Gasteiger partial charge in [-0.25, -0.2) is 0 Å². The second-order valence-electron chi connectivity index (χ2n) is 18.9. The first-order valence-corrected chi connectivity index (χ1v) is 20.2. The van der Waals surface area contributed by atoms with E-state index in [4.69, 9.17) is 14.4 Å². The third kappa shape index (κ3) is 6.98. The van der Waals surface area contributed by atoms with Crippen LogP contribution in [-0.2, 0) is 37.3 Å². The predicted octanol–water partition coefficient (Wildman–Crippen LogP) is 14.2. The molecule has 9 rings (SSSR count). The molecule has 1 N–H and O–H groups in total. The van der Waals surface area contributed by atoms with Gasteiger partial charge >= 0.3 is 0 Å². The fourth-order valence-corrected chi connectivity index (χ4v) is 8.17. The van der Waals surface area contributed by atoms with Crippen LogP contribution in [0.25, 0.3) is 83.2 Å². The van der Waals surface area contributed by atoms with Crippen molar-refractivity contribution in [3.63, 3.8) is 0 Å². The maximum Gasteiger partial charge on any atom is 0.147 e. The fourth-order valence-electron chi connectivity index (χ4n) is 8.17. The van der Waals surface area contributed by atoms with Crippen molar-refractivity contribution in [3.05, 3.63) is 144 Å². The topological polar surface area (TPSA) is 64.1 Å². The normalized spacial score (nSPS) is 12.5. The van der Waals surface area contributed by atoms with E-state index in [2.05, 4.69) is 159 Å². The van der Waals surface area contributed by atoms with Crippen LogP contribution in [0.1, 0.15) is 84.6 Å². The standard InChI is InChI=1S/C53H50N3O2.Pt/c1-31-24-25-54-47-40(31)27-35(52(5,6)7)28-41(47)32-14-13-15-33(26-32)50-55-48-42(46-44(57)23-22-39-38-16-11-12-17-45(38)58-49(39)46)29-36(53(8,9)10)30-43(48)56(50)37-20-18-34(19-21-37)51(2,3)4;/h11-25,27-30,57H,1-10H3;/q-1;. The molecule has 0 saturated carbocycles. The van der Waals surface area contributed by atoms with Gasteiger partial charge in [-0.05, 0) is 99.3 Å². The number of nitrogens with zero attached hydrogens (tertiary/aromatic N) is 3. The summed E-state index contributed by atoms with van der Waals surface area (Å²) in [6.07, 6.45) is 1.90. The number of benzene rings is 6. The number of hydrogen-bond donors (Lipinski definition) is 1. The summed E-state index contributed by atoms with van der Waals surface area (Å²) >= 11 is 0. The molecule has 6 heteroatoms.